The van der Waals surface area contributed by atoms with Crippen LogP contribution in [0.25, 0.3) is 0 Å². The highest BCUT2D eigenvalue weighted by Gasteiger charge is 2.30. The number of amidine groups is 1. The number of hydrogen-bond acceptors (Lipinski definition) is 6. The molecule has 1 aliphatic heterocycles. The summed E-state index contributed by atoms with van der Waals surface area (Å²) in [6, 6.07) is 6.27. The highest BCUT2D eigenvalue weighted by atomic mass is 32.2. The lowest BCUT2D eigenvalue weighted by molar-refractivity contribution is -0.121. The number of amides is 1. The van der Waals surface area contributed by atoms with Crippen molar-refractivity contribution < 1.29 is 13.2 Å². The molecular weight excluding hydrogens is 380 g/mol. The molecule has 0 bridgehead atoms. The fourth-order valence-electron chi connectivity index (χ4n) is 3.04. The second-order valence-electron chi connectivity index (χ2n) is 6.91. The van der Waals surface area contributed by atoms with Gasteiger partial charge in [0.05, 0.1) is 29.4 Å². The van der Waals surface area contributed by atoms with E-state index in [-0.39, 0.29) is 29.1 Å². The summed E-state index contributed by atoms with van der Waals surface area (Å²) in [7, 11) is 2.12. The maximum Gasteiger partial charge on any atom is 0.263 e. The van der Waals surface area contributed by atoms with Gasteiger partial charge in [0.15, 0.2) is 0 Å². The van der Waals surface area contributed by atoms with Crippen LogP contribution in [0.3, 0.4) is 0 Å². The molecule has 1 amide bonds. The van der Waals surface area contributed by atoms with Gasteiger partial charge in [-0.15, -0.1) is 0 Å². The van der Waals surface area contributed by atoms with Crippen LogP contribution in [0.5, 0.6) is 0 Å². The molecule has 2 heterocycles. The lowest BCUT2D eigenvalue weighted by Crippen LogP contribution is -2.28. The van der Waals surface area contributed by atoms with E-state index in [0.29, 0.717) is 12.1 Å². The molecule has 9 nitrogen and oxygen atoms in total. The molecule has 150 valence electrons. The third-order valence-corrected chi connectivity index (χ3v) is 5.82. The number of hydrogen-bond donors (Lipinski definition) is 2. The Morgan fingerprint density at radius 3 is 2.75 bits per heavy atom. The Hall–Kier alpha value is -2.88. The van der Waals surface area contributed by atoms with Gasteiger partial charge in [-0.3, -0.25) is 14.5 Å². The fraction of sp³-hybridized carbons (Fsp3) is 0.389. The molecule has 1 aliphatic rings. The molecule has 0 saturated carbocycles. The normalized spacial score (nSPS) is 17.1. The van der Waals surface area contributed by atoms with Crippen LogP contribution >= 0.6 is 0 Å². The summed E-state index contributed by atoms with van der Waals surface area (Å²) in [5, 5.41) is 2.86. The Morgan fingerprint density at radius 1 is 1.36 bits per heavy atom. The molecule has 0 spiro atoms. The first-order chi connectivity index (χ1) is 13.2. The van der Waals surface area contributed by atoms with Gasteiger partial charge in [-0.2, -0.15) is 0 Å². The van der Waals surface area contributed by atoms with Crippen molar-refractivity contribution in [2.75, 3.05) is 19.0 Å². The van der Waals surface area contributed by atoms with Gasteiger partial charge in [-0.05, 0) is 19.1 Å². The standard InChI is InChI=1S/C18H24N6O3S/c1-12(21-17-14-7-5-6-8-15(14)28(26,27)22-17)9-16(25)19-10-13-11-20-18(23(2)3)24(13)4/h5-8,11-12H,9-10H2,1-4H3,(H,19,25)(H,21,22). The first-order valence-corrected chi connectivity index (χ1v) is 10.3. The molecule has 0 fully saturated rings. The number of carbonyl (C=O) groups is 1. The Balaban J connectivity index is 1.62. The summed E-state index contributed by atoms with van der Waals surface area (Å²) in [6.07, 6.45) is 1.87. The largest absolute Gasteiger partial charge is 0.350 e. The molecule has 0 saturated heterocycles. The molecule has 0 radical (unpaired) electrons. The summed E-state index contributed by atoms with van der Waals surface area (Å²) in [5.74, 6) is 0.910. The third kappa shape index (κ3) is 4.01. The molecule has 28 heavy (non-hydrogen) atoms. The molecule has 1 aromatic carbocycles. The van der Waals surface area contributed by atoms with Gasteiger partial charge in [-0.1, -0.05) is 12.1 Å². The van der Waals surface area contributed by atoms with Crippen LogP contribution in [-0.4, -0.2) is 49.8 Å². The first-order valence-electron chi connectivity index (χ1n) is 8.83. The number of imidazole rings is 1. The van der Waals surface area contributed by atoms with Crippen molar-refractivity contribution in [3.63, 3.8) is 0 Å². The summed E-state index contributed by atoms with van der Waals surface area (Å²) in [6.45, 7) is 2.13. The molecule has 0 aliphatic carbocycles. The van der Waals surface area contributed by atoms with E-state index in [1.807, 2.05) is 30.6 Å². The van der Waals surface area contributed by atoms with E-state index in [1.54, 1.807) is 31.3 Å². The van der Waals surface area contributed by atoms with Gasteiger partial charge in [0, 0.05) is 33.1 Å². The Bertz CT molecular complexity index is 1030. The minimum absolute atomic E-state index is 0.145. The van der Waals surface area contributed by atoms with Gasteiger partial charge in [0.2, 0.25) is 11.9 Å². The maximum atomic E-state index is 12.3. The molecule has 1 unspecified atom stereocenters. The quantitative estimate of drug-likeness (QED) is 0.734. The number of benzene rings is 1. The van der Waals surface area contributed by atoms with Crippen molar-refractivity contribution >= 4 is 27.7 Å². The van der Waals surface area contributed by atoms with E-state index < -0.39 is 10.0 Å². The van der Waals surface area contributed by atoms with Crippen molar-refractivity contribution in [1.29, 1.82) is 0 Å². The third-order valence-electron chi connectivity index (χ3n) is 4.42. The zero-order valence-corrected chi connectivity index (χ0v) is 17.1. The lowest BCUT2D eigenvalue weighted by Gasteiger charge is -2.13. The van der Waals surface area contributed by atoms with Crippen molar-refractivity contribution in [2.24, 2.45) is 12.0 Å². The first kappa shape index (κ1) is 19.9. The molecule has 2 aromatic rings. The number of anilines is 1. The molecule has 1 aromatic heterocycles. The SMILES string of the molecule is CC(CC(=O)NCc1cnc(N(C)C)n1C)N=C1NS(=O)(=O)c2ccccc21. The number of aromatic nitrogens is 2. The van der Waals surface area contributed by atoms with Crippen LogP contribution in [0.4, 0.5) is 5.95 Å². The van der Waals surface area contributed by atoms with Crippen molar-refractivity contribution in [2.45, 2.75) is 30.8 Å². The highest BCUT2D eigenvalue weighted by molar-refractivity contribution is 7.90. The number of rotatable bonds is 6. The van der Waals surface area contributed by atoms with Crippen LogP contribution in [0.2, 0.25) is 0 Å². The monoisotopic (exact) mass is 404 g/mol. The van der Waals surface area contributed by atoms with E-state index in [2.05, 4.69) is 20.0 Å². The molecule has 2 N–H and O–H groups in total. The van der Waals surface area contributed by atoms with Crippen LogP contribution in [0.15, 0.2) is 40.4 Å². The van der Waals surface area contributed by atoms with Gasteiger partial charge in [0.1, 0.15) is 5.84 Å². The Labute approximate surface area is 164 Å². The minimum Gasteiger partial charge on any atom is -0.350 e. The predicted molar refractivity (Wildman–Crippen MR) is 107 cm³/mol. The van der Waals surface area contributed by atoms with E-state index in [1.165, 1.54) is 6.07 Å². The van der Waals surface area contributed by atoms with Crippen molar-refractivity contribution in [1.82, 2.24) is 19.6 Å². The van der Waals surface area contributed by atoms with Crippen molar-refractivity contribution in [3.8, 4) is 0 Å². The lowest BCUT2D eigenvalue weighted by atomic mass is 10.2. The molecule has 10 heteroatoms. The molecule has 1 atom stereocenters. The number of sulfonamides is 1. The minimum atomic E-state index is -3.58. The highest BCUT2D eigenvalue weighted by Crippen LogP contribution is 2.22. The number of nitrogens with zero attached hydrogens (tertiary/aromatic N) is 4. The number of carbonyl (C=O) groups excluding carboxylic acids is 1. The zero-order chi connectivity index (χ0) is 20.5. The van der Waals surface area contributed by atoms with Crippen LogP contribution in [0, 0.1) is 0 Å². The number of nitrogens with one attached hydrogen (secondary N) is 2. The average Bonchev–Trinajstić information content (AvgIpc) is 3.11. The second-order valence-corrected chi connectivity index (χ2v) is 8.56. The Morgan fingerprint density at radius 2 is 2.07 bits per heavy atom. The van der Waals surface area contributed by atoms with Crippen molar-refractivity contribution in [3.05, 3.63) is 41.7 Å². The molecular formula is C18H24N6O3S. The summed E-state index contributed by atoms with van der Waals surface area (Å²) in [5.41, 5.74) is 1.41. The van der Waals surface area contributed by atoms with E-state index in [9.17, 15) is 13.2 Å². The van der Waals surface area contributed by atoms with Gasteiger partial charge < -0.3 is 14.8 Å². The van der Waals surface area contributed by atoms with Crippen LogP contribution < -0.4 is 14.9 Å². The van der Waals surface area contributed by atoms with E-state index in [0.717, 1.165) is 11.6 Å². The smallest absolute Gasteiger partial charge is 0.263 e. The van der Waals surface area contributed by atoms with Crippen LogP contribution in [-0.2, 0) is 28.4 Å². The summed E-state index contributed by atoms with van der Waals surface area (Å²) >= 11 is 0. The zero-order valence-electron chi connectivity index (χ0n) is 16.3. The summed E-state index contributed by atoms with van der Waals surface area (Å²) < 4.78 is 28.6. The number of aliphatic imine (C=N–C) groups is 1. The van der Waals surface area contributed by atoms with Gasteiger partial charge in [-0.25, -0.2) is 13.4 Å². The van der Waals surface area contributed by atoms with Gasteiger partial charge in [0.25, 0.3) is 10.0 Å². The van der Waals surface area contributed by atoms with Crippen LogP contribution in [0.1, 0.15) is 24.6 Å². The molecule has 3 rings (SSSR count). The van der Waals surface area contributed by atoms with E-state index >= 15 is 0 Å². The topological polar surface area (TPSA) is 109 Å². The Kier molecular flexibility index (Phi) is 5.41. The average molecular weight is 404 g/mol. The second kappa shape index (κ2) is 7.63. The van der Waals surface area contributed by atoms with Gasteiger partial charge >= 0.3 is 0 Å². The summed E-state index contributed by atoms with van der Waals surface area (Å²) in [4.78, 5) is 23.1. The predicted octanol–water partition coefficient (Wildman–Crippen LogP) is 0.620. The maximum absolute atomic E-state index is 12.3. The number of fused-ring (bicyclic) bond motifs is 1. The van der Waals surface area contributed by atoms with E-state index in [4.69, 9.17) is 0 Å². The fourth-order valence-corrected chi connectivity index (χ4v) is 4.28.